The summed E-state index contributed by atoms with van der Waals surface area (Å²) in [6.45, 7) is 3.12. The first-order valence-electron chi connectivity index (χ1n) is 12.4. The van der Waals surface area contributed by atoms with E-state index >= 15 is 0 Å². The Hall–Kier alpha value is -4.47. The van der Waals surface area contributed by atoms with E-state index in [-0.39, 0.29) is 28.4 Å². The van der Waals surface area contributed by atoms with Crippen molar-refractivity contribution in [1.82, 2.24) is 19.7 Å². The number of pyridine rings is 1. The molecule has 10 heteroatoms. The summed E-state index contributed by atoms with van der Waals surface area (Å²) in [6.07, 6.45) is 9.35. The number of nitrogens with one attached hydrogen (secondary N) is 2. The molecule has 0 bridgehead atoms. The molecule has 0 atom stereocenters. The number of nitrogens with two attached hydrogens (primary N) is 1. The van der Waals surface area contributed by atoms with Gasteiger partial charge in [-0.1, -0.05) is 19.1 Å². The Bertz CT molecular complexity index is 1480. The Morgan fingerprint density at radius 3 is 2.68 bits per heavy atom. The maximum Gasteiger partial charge on any atom is 0.277 e. The number of oxazole rings is 1. The van der Waals surface area contributed by atoms with Gasteiger partial charge in [0.15, 0.2) is 11.4 Å². The molecule has 3 heterocycles. The van der Waals surface area contributed by atoms with Crippen LogP contribution in [0.4, 0.5) is 11.5 Å². The van der Waals surface area contributed by atoms with Gasteiger partial charge in [-0.05, 0) is 66.8 Å². The molecule has 37 heavy (non-hydrogen) atoms. The zero-order valence-corrected chi connectivity index (χ0v) is 20.4. The molecule has 1 aromatic carbocycles. The third-order valence-corrected chi connectivity index (χ3v) is 7.04. The summed E-state index contributed by atoms with van der Waals surface area (Å²) >= 11 is 0. The molecule has 4 N–H and O–H groups in total. The summed E-state index contributed by atoms with van der Waals surface area (Å²) in [5.41, 5.74) is 8.72. The van der Waals surface area contributed by atoms with E-state index in [1.807, 2.05) is 18.2 Å². The minimum atomic E-state index is -0.750. The molecular formula is C27H27N7O3. The first-order chi connectivity index (χ1) is 17.9. The Morgan fingerprint density at radius 1 is 1.19 bits per heavy atom. The van der Waals surface area contributed by atoms with Crippen molar-refractivity contribution in [2.45, 2.75) is 38.0 Å². The molecule has 3 aromatic heterocycles. The molecule has 2 aliphatic rings. The molecular weight excluding hydrogens is 470 g/mol. The van der Waals surface area contributed by atoms with E-state index in [2.05, 4.69) is 44.8 Å². The van der Waals surface area contributed by atoms with Crippen LogP contribution in [-0.2, 0) is 5.41 Å². The van der Waals surface area contributed by atoms with Gasteiger partial charge in [-0.3, -0.25) is 9.59 Å². The van der Waals surface area contributed by atoms with Crippen molar-refractivity contribution in [2.75, 3.05) is 17.2 Å². The number of rotatable bonds is 9. The minimum absolute atomic E-state index is 0.0455. The quantitative estimate of drug-likeness (QED) is 0.315. The van der Waals surface area contributed by atoms with E-state index in [0.717, 1.165) is 18.1 Å². The lowest BCUT2D eigenvalue weighted by Crippen LogP contribution is -2.18. The summed E-state index contributed by atoms with van der Waals surface area (Å²) < 4.78 is 7.08. The van der Waals surface area contributed by atoms with Gasteiger partial charge >= 0.3 is 0 Å². The SMILES string of the molecule is CC1(c2ccc(-n3cc(NC(=O)c4coc(-c5ccnc(NCC6CC6)c5)n4)c(C(N)=O)n3)cc2)CC1. The monoisotopic (exact) mass is 497 g/mol. The molecule has 2 aliphatic carbocycles. The zero-order chi connectivity index (χ0) is 25.6. The second-order valence-electron chi connectivity index (χ2n) is 10.1. The van der Waals surface area contributed by atoms with Gasteiger partial charge in [0.05, 0.1) is 17.6 Å². The number of aromatic nitrogens is 4. The highest BCUT2D eigenvalue weighted by Crippen LogP contribution is 2.47. The number of nitrogens with zero attached hydrogens (tertiary/aromatic N) is 4. The number of primary amides is 1. The molecule has 6 rings (SSSR count). The third-order valence-electron chi connectivity index (χ3n) is 7.04. The van der Waals surface area contributed by atoms with E-state index < -0.39 is 11.8 Å². The van der Waals surface area contributed by atoms with Gasteiger partial charge in [-0.2, -0.15) is 5.10 Å². The fourth-order valence-electron chi connectivity index (χ4n) is 4.20. The maximum atomic E-state index is 12.9. The Morgan fingerprint density at radius 2 is 1.97 bits per heavy atom. The Balaban J connectivity index is 1.19. The van der Waals surface area contributed by atoms with E-state index in [1.165, 1.54) is 42.2 Å². The molecule has 2 saturated carbocycles. The van der Waals surface area contributed by atoms with Crippen LogP contribution in [0.2, 0.25) is 0 Å². The smallest absolute Gasteiger partial charge is 0.277 e. The van der Waals surface area contributed by atoms with Crippen molar-refractivity contribution in [2.24, 2.45) is 11.7 Å². The highest BCUT2D eigenvalue weighted by Gasteiger charge is 2.38. The van der Waals surface area contributed by atoms with E-state index in [1.54, 1.807) is 18.5 Å². The lowest BCUT2D eigenvalue weighted by Gasteiger charge is -2.09. The summed E-state index contributed by atoms with van der Waals surface area (Å²) in [6, 6.07) is 11.6. The molecule has 0 aliphatic heterocycles. The average Bonchev–Trinajstić information content (AvgIpc) is 3.78. The topological polar surface area (TPSA) is 141 Å². The van der Waals surface area contributed by atoms with Crippen LogP contribution in [0.1, 0.15) is 59.1 Å². The predicted octanol–water partition coefficient (Wildman–Crippen LogP) is 4.15. The number of carbonyl (C=O) groups excluding carboxylic acids is 2. The Kier molecular flexibility index (Phi) is 5.51. The zero-order valence-electron chi connectivity index (χ0n) is 20.4. The van der Waals surface area contributed by atoms with Crippen LogP contribution in [0.15, 0.2) is 59.5 Å². The van der Waals surface area contributed by atoms with Crippen molar-refractivity contribution in [3.05, 3.63) is 72.0 Å². The molecule has 0 saturated heterocycles. The van der Waals surface area contributed by atoms with Gasteiger partial charge in [0, 0.05) is 18.3 Å². The van der Waals surface area contributed by atoms with Gasteiger partial charge < -0.3 is 20.8 Å². The van der Waals surface area contributed by atoms with E-state index in [0.29, 0.717) is 11.5 Å². The van der Waals surface area contributed by atoms with Crippen molar-refractivity contribution in [3.63, 3.8) is 0 Å². The van der Waals surface area contributed by atoms with Crippen molar-refractivity contribution >= 4 is 23.3 Å². The number of amides is 2. The predicted molar refractivity (Wildman–Crippen MR) is 138 cm³/mol. The van der Waals surface area contributed by atoms with Crippen LogP contribution in [0.25, 0.3) is 17.1 Å². The molecule has 0 spiro atoms. The molecule has 2 amide bonds. The molecule has 2 fully saturated rings. The fraction of sp³-hybridized carbons (Fsp3) is 0.296. The highest BCUT2D eigenvalue weighted by atomic mass is 16.3. The summed E-state index contributed by atoms with van der Waals surface area (Å²) in [5.74, 6) is 0.432. The van der Waals surface area contributed by atoms with Gasteiger partial charge in [-0.25, -0.2) is 14.6 Å². The van der Waals surface area contributed by atoms with Crippen LogP contribution < -0.4 is 16.4 Å². The van der Waals surface area contributed by atoms with Gasteiger partial charge in [0.25, 0.3) is 11.8 Å². The minimum Gasteiger partial charge on any atom is -0.444 e. The van der Waals surface area contributed by atoms with Gasteiger partial charge in [0.2, 0.25) is 5.89 Å². The second kappa shape index (κ2) is 8.88. The Labute approximate surface area is 213 Å². The van der Waals surface area contributed by atoms with Crippen molar-refractivity contribution in [1.29, 1.82) is 0 Å². The number of anilines is 2. The molecule has 4 aromatic rings. The van der Waals surface area contributed by atoms with Gasteiger partial charge in [0.1, 0.15) is 12.1 Å². The lowest BCUT2D eigenvalue weighted by molar-refractivity contribution is 0.0996. The highest BCUT2D eigenvalue weighted by molar-refractivity contribution is 6.07. The van der Waals surface area contributed by atoms with Crippen LogP contribution in [0.3, 0.4) is 0 Å². The third kappa shape index (κ3) is 4.82. The number of carbonyl (C=O) groups is 2. The lowest BCUT2D eigenvalue weighted by atomic mass is 9.98. The summed E-state index contributed by atoms with van der Waals surface area (Å²) in [5, 5.41) is 10.3. The van der Waals surface area contributed by atoms with Crippen LogP contribution in [-0.4, -0.2) is 38.1 Å². The average molecular weight is 498 g/mol. The summed E-state index contributed by atoms with van der Waals surface area (Å²) in [4.78, 5) is 33.6. The van der Waals surface area contributed by atoms with Crippen molar-refractivity contribution < 1.29 is 14.0 Å². The van der Waals surface area contributed by atoms with Crippen LogP contribution in [0, 0.1) is 5.92 Å². The van der Waals surface area contributed by atoms with Gasteiger partial charge in [-0.15, -0.1) is 0 Å². The van der Waals surface area contributed by atoms with Crippen LogP contribution >= 0.6 is 0 Å². The normalized spacial score (nSPS) is 15.8. The standard InChI is InChI=1S/C27H27N7O3/c1-27(9-10-27)18-4-6-19(7-5-18)34-14-20(23(33-34)24(28)35)31-25(36)21-15-37-26(32-21)17-8-11-29-22(12-17)30-13-16-2-3-16/h4-8,11-12,14-16H,2-3,9-10,13H2,1H3,(H2,28,35)(H,29,30)(H,31,36). The van der Waals surface area contributed by atoms with E-state index in [4.69, 9.17) is 10.2 Å². The first kappa shape index (κ1) is 23.0. The van der Waals surface area contributed by atoms with Crippen molar-refractivity contribution in [3.8, 4) is 17.1 Å². The molecule has 188 valence electrons. The van der Waals surface area contributed by atoms with E-state index in [9.17, 15) is 9.59 Å². The largest absolute Gasteiger partial charge is 0.444 e. The van der Waals surface area contributed by atoms with Crippen LogP contribution in [0.5, 0.6) is 0 Å². The fourth-order valence-corrected chi connectivity index (χ4v) is 4.20. The summed E-state index contributed by atoms with van der Waals surface area (Å²) in [7, 11) is 0. The first-order valence-corrected chi connectivity index (χ1v) is 12.4. The number of hydrogen-bond acceptors (Lipinski definition) is 7. The molecule has 0 unspecified atom stereocenters. The second-order valence-corrected chi connectivity index (χ2v) is 10.1. The molecule has 0 radical (unpaired) electrons. The number of benzene rings is 1. The molecule has 10 nitrogen and oxygen atoms in total. The number of hydrogen-bond donors (Lipinski definition) is 3. The maximum absolute atomic E-state index is 12.9.